The Labute approximate surface area is 89.4 Å². The Morgan fingerprint density at radius 1 is 0.867 bits per heavy atom. The third kappa shape index (κ3) is 1.78. The van der Waals surface area contributed by atoms with Crippen molar-refractivity contribution in [2.24, 2.45) is 0 Å². The van der Waals surface area contributed by atoms with E-state index in [1.807, 2.05) is 56.3 Å². The summed E-state index contributed by atoms with van der Waals surface area (Å²) >= 11 is 0. The topological polar surface area (TPSA) is 0 Å². The fourth-order valence-electron chi connectivity index (χ4n) is 1.62. The number of aryl methyl sites for hydroxylation is 1. The molecule has 76 valence electrons. The standard InChI is InChI=1S/C14H13F/c1-10-8-9-13(14(15)11(10)2)12-6-4-3-5-7-12/h3-9H,1-2H3. The normalized spacial score (nSPS) is 10.3. The van der Waals surface area contributed by atoms with Crippen LogP contribution in [0.1, 0.15) is 11.1 Å². The summed E-state index contributed by atoms with van der Waals surface area (Å²) < 4.78 is 13.9. The van der Waals surface area contributed by atoms with E-state index in [1.165, 1.54) is 0 Å². The van der Waals surface area contributed by atoms with Crippen LogP contribution in [0, 0.1) is 19.7 Å². The highest BCUT2D eigenvalue weighted by Crippen LogP contribution is 2.26. The first kappa shape index (κ1) is 9.91. The van der Waals surface area contributed by atoms with Gasteiger partial charge in [-0.25, -0.2) is 4.39 Å². The molecule has 0 heterocycles. The molecule has 0 unspecified atom stereocenters. The molecule has 0 aliphatic carbocycles. The Kier molecular flexibility index (Phi) is 2.55. The van der Waals surface area contributed by atoms with Crippen LogP contribution < -0.4 is 0 Å². The molecular weight excluding hydrogens is 187 g/mol. The zero-order valence-corrected chi connectivity index (χ0v) is 8.92. The molecule has 0 amide bonds. The average Bonchev–Trinajstić information content (AvgIpc) is 2.27. The Morgan fingerprint density at radius 3 is 2.20 bits per heavy atom. The van der Waals surface area contributed by atoms with Crippen LogP contribution in [0.15, 0.2) is 42.5 Å². The number of benzene rings is 2. The second kappa shape index (κ2) is 3.85. The van der Waals surface area contributed by atoms with Gasteiger partial charge < -0.3 is 0 Å². The average molecular weight is 200 g/mol. The van der Waals surface area contributed by atoms with E-state index >= 15 is 0 Å². The zero-order chi connectivity index (χ0) is 10.8. The van der Waals surface area contributed by atoms with Crippen LogP contribution in [-0.2, 0) is 0 Å². The van der Waals surface area contributed by atoms with Crippen molar-refractivity contribution >= 4 is 0 Å². The van der Waals surface area contributed by atoms with Crippen LogP contribution in [-0.4, -0.2) is 0 Å². The summed E-state index contributed by atoms with van der Waals surface area (Å²) in [5.41, 5.74) is 3.33. The minimum absolute atomic E-state index is 0.110. The molecule has 0 radical (unpaired) electrons. The van der Waals surface area contributed by atoms with Crippen molar-refractivity contribution in [1.82, 2.24) is 0 Å². The van der Waals surface area contributed by atoms with E-state index in [2.05, 4.69) is 0 Å². The maximum Gasteiger partial charge on any atom is 0.134 e. The van der Waals surface area contributed by atoms with Gasteiger partial charge in [-0.2, -0.15) is 0 Å². The molecule has 2 aromatic carbocycles. The van der Waals surface area contributed by atoms with E-state index < -0.39 is 0 Å². The molecule has 2 aromatic rings. The summed E-state index contributed by atoms with van der Waals surface area (Å²) in [5.74, 6) is -0.110. The van der Waals surface area contributed by atoms with Crippen molar-refractivity contribution < 1.29 is 4.39 Å². The Morgan fingerprint density at radius 2 is 1.53 bits per heavy atom. The van der Waals surface area contributed by atoms with Crippen molar-refractivity contribution in [3.8, 4) is 11.1 Å². The predicted octanol–water partition coefficient (Wildman–Crippen LogP) is 4.11. The molecule has 0 aromatic heterocycles. The first-order chi connectivity index (χ1) is 7.20. The molecule has 0 fully saturated rings. The lowest BCUT2D eigenvalue weighted by Gasteiger charge is -2.07. The smallest absolute Gasteiger partial charge is 0.134 e. The fraction of sp³-hybridized carbons (Fsp3) is 0.143. The summed E-state index contributed by atoms with van der Waals surface area (Å²) in [5, 5.41) is 0. The van der Waals surface area contributed by atoms with Gasteiger partial charge in [-0.15, -0.1) is 0 Å². The Balaban J connectivity index is 2.60. The second-order valence-corrected chi connectivity index (χ2v) is 3.74. The van der Waals surface area contributed by atoms with Crippen LogP contribution in [0.3, 0.4) is 0 Å². The lowest BCUT2D eigenvalue weighted by atomic mass is 10.00. The third-order valence-electron chi connectivity index (χ3n) is 2.74. The van der Waals surface area contributed by atoms with Crippen LogP contribution in [0.5, 0.6) is 0 Å². The molecule has 15 heavy (non-hydrogen) atoms. The largest absolute Gasteiger partial charge is 0.206 e. The first-order valence-corrected chi connectivity index (χ1v) is 5.01. The molecule has 1 heteroatoms. The van der Waals surface area contributed by atoms with Crippen molar-refractivity contribution in [3.05, 3.63) is 59.4 Å². The van der Waals surface area contributed by atoms with E-state index in [1.54, 1.807) is 0 Å². The van der Waals surface area contributed by atoms with Gasteiger partial charge in [-0.1, -0.05) is 42.5 Å². The van der Waals surface area contributed by atoms with Crippen molar-refractivity contribution in [2.75, 3.05) is 0 Å². The molecular formula is C14H13F. The molecule has 0 aliphatic rings. The van der Waals surface area contributed by atoms with Gasteiger partial charge in [0.2, 0.25) is 0 Å². The van der Waals surface area contributed by atoms with Crippen molar-refractivity contribution in [1.29, 1.82) is 0 Å². The zero-order valence-electron chi connectivity index (χ0n) is 8.92. The Hall–Kier alpha value is -1.63. The number of rotatable bonds is 1. The van der Waals surface area contributed by atoms with Crippen molar-refractivity contribution in [3.63, 3.8) is 0 Å². The van der Waals surface area contributed by atoms with Gasteiger partial charge in [0.25, 0.3) is 0 Å². The highest BCUT2D eigenvalue weighted by molar-refractivity contribution is 5.65. The summed E-state index contributed by atoms with van der Waals surface area (Å²) in [6, 6.07) is 13.4. The second-order valence-electron chi connectivity index (χ2n) is 3.74. The highest BCUT2D eigenvalue weighted by Gasteiger charge is 2.08. The number of halogens is 1. The van der Waals surface area contributed by atoms with E-state index in [0.29, 0.717) is 5.56 Å². The minimum atomic E-state index is -0.110. The lowest BCUT2D eigenvalue weighted by molar-refractivity contribution is 0.620. The maximum absolute atomic E-state index is 13.9. The highest BCUT2D eigenvalue weighted by atomic mass is 19.1. The predicted molar refractivity (Wildman–Crippen MR) is 61.3 cm³/mol. The van der Waals surface area contributed by atoms with Crippen LogP contribution in [0.2, 0.25) is 0 Å². The number of hydrogen-bond acceptors (Lipinski definition) is 0. The molecule has 0 spiro atoms. The first-order valence-electron chi connectivity index (χ1n) is 5.01. The summed E-state index contributed by atoms with van der Waals surface area (Å²) in [7, 11) is 0. The molecule has 2 rings (SSSR count). The summed E-state index contributed by atoms with van der Waals surface area (Å²) in [6.45, 7) is 3.74. The van der Waals surface area contributed by atoms with E-state index in [-0.39, 0.29) is 5.82 Å². The Bertz CT molecular complexity index is 472. The fourth-order valence-corrected chi connectivity index (χ4v) is 1.62. The molecule has 0 N–H and O–H groups in total. The van der Waals surface area contributed by atoms with Gasteiger partial charge >= 0.3 is 0 Å². The van der Waals surface area contributed by atoms with Crippen molar-refractivity contribution in [2.45, 2.75) is 13.8 Å². The lowest BCUT2D eigenvalue weighted by Crippen LogP contribution is -1.91. The van der Waals surface area contributed by atoms with Gasteiger partial charge in [0.05, 0.1) is 0 Å². The summed E-state index contributed by atoms with van der Waals surface area (Å²) in [4.78, 5) is 0. The summed E-state index contributed by atoms with van der Waals surface area (Å²) in [6.07, 6.45) is 0. The van der Waals surface area contributed by atoms with Gasteiger partial charge in [0.15, 0.2) is 0 Å². The molecule has 0 atom stereocenters. The van der Waals surface area contributed by atoms with E-state index in [0.717, 1.165) is 16.7 Å². The molecule has 0 saturated carbocycles. The van der Waals surface area contributed by atoms with Crippen LogP contribution in [0.4, 0.5) is 4.39 Å². The number of hydrogen-bond donors (Lipinski definition) is 0. The minimum Gasteiger partial charge on any atom is -0.206 e. The van der Waals surface area contributed by atoms with Crippen LogP contribution in [0.25, 0.3) is 11.1 Å². The third-order valence-corrected chi connectivity index (χ3v) is 2.74. The maximum atomic E-state index is 13.9. The van der Waals surface area contributed by atoms with E-state index in [9.17, 15) is 4.39 Å². The van der Waals surface area contributed by atoms with Gasteiger partial charge in [0.1, 0.15) is 5.82 Å². The monoisotopic (exact) mass is 200 g/mol. The van der Waals surface area contributed by atoms with Gasteiger partial charge in [-0.05, 0) is 30.5 Å². The van der Waals surface area contributed by atoms with E-state index in [4.69, 9.17) is 0 Å². The molecule has 0 bridgehead atoms. The van der Waals surface area contributed by atoms with Crippen LogP contribution >= 0.6 is 0 Å². The quantitative estimate of drug-likeness (QED) is 0.649. The molecule has 0 nitrogen and oxygen atoms in total. The molecule has 0 aliphatic heterocycles. The molecule has 0 saturated heterocycles. The SMILES string of the molecule is Cc1ccc(-c2ccccc2)c(F)c1C. The van der Waals surface area contributed by atoms with Gasteiger partial charge in [-0.3, -0.25) is 0 Å². The van der Waals surface area contributed by atoms with Gasteiger partial charge in [0, 0.05) is 5.56 Å².